The molecule has 0 aliphatic heterocycles. The molecule has 0 spiro atoms. The highest BCUT2D eigenvalue weighted by atomic mass is 15.1. The van der Waals surface area contributed by atoms with Gasteiger partial charge in [-0.05, 0) is 88.8 Å². The van der Waals surface area contributed by atoms with Gasteiger partial charge in [-0.25, -0.2) is 0 Å². The van der Waals surface area contributed by atoms with Gasteiger partial charge in [-0.2, -0.15) is 0 Å². The molecule has 2 nitrogen and oxygen atoms in total. The second-order valence-corrected chi connectivity index (χ2v) is 13.0. The molecule has 1 aromatic heterocycles. The fraction of sp³-hybridized carbons (Fsp3) is 0.0204. The summed E-state index contributed by atoms with van der Waals surface area (Å²) >= 11 is 0. The molecule has 0 unspecified atom stereocenters. The smallest absolute Gasteiger partial charge is 0.0562 e. The molecule has 242 valence electrons. The maximum Gasteiger partial charge on any atom is 0.0562 e. The highest BCUT2D eigenvalue weighted by Crippen LogP contribution is 2.45. The van der Waals surface area contributed by atoms with Crippen molar-refractivity contribution in [3.63, 3.8) is 0 Å². The van der Waals surface area contributed by atoms with Gasteiger partial charge < -0.3 is 9.47 Å². The number of hydrogen-bond acceptors (Lipinski definition) is 1. The summed E-state index contributed by atoms with van der Waals surface area (Å²) in [4.78, 5) is 2.42. The van der Waals surface area contributed by atoms with Gasteiger partial charge in [-0.1, -0.05) is 152 Å². The van der Waals surface area contributed by atoms with Gasteiger partial charge in [-0.3, -0.25) is 0 Å². The van der Waals surface area contributed by atoms with Gasteiger partial charge in [0.15, 0.2) is 0 Å². The molecular weight excluding hydrogens is 617 g/mol. The Kier molecular flexibility index (Phi) is 7.75. The molecule has 0 aliphatic carbocycles. The number of nitrogens with zero attached hydrogens (tertiary/aromatic N) is 2. The quantitative estimate of drug-likeness (QED) is 0.166. The monoisotopic (exact) mass is 652 g/mol. The van der Waals surface area contributed by atoms with Gasteiger partial charge in [0.2, 0.25) is 0 Å². The van der Waals surface area contributed by atoms with E-state index in [2.05, 4.69) is 217 Å². The first-order chi connectivity index (χ1) is 25.2. The average molecular weight is 653 g/mol. The molecular formula is C49H36N2. The number of aryl methyl sites for hydroxylation is 1. The van der Waals surface area contributed by atoms with Crippen LogP contribution < -0.4 is 4.90 Å². The highest BCUT2D eigenvalue weighted by molar-refractivity contribution is 6.17. The summed E-state index contributed by atoms with van der Waals surface area (Å²) in [5, 5.41) is 2.43. The molecule has 0 radical (unpaired) electrons. The van der Waals surface area contributed by atoms with E-state index in [1.807, 2.05) is 0 Å². The van der Waals surface area contributed by atoms with E-state index in [0.717, 1.165) is 22.7 Å². The van der Waals surface area contributed by atoms with Crippen molar-refractivity contribution >= 4 is 38.9 Å². The number of hydrogen-bond donors (Lipinski definition) is 0. The fourth-order valence-electron chi connectivity index (χ4n) is 7.52. The minimum absolute atomic E-state index is 1.10. The lowest BCUT2D eigenvalue weighted by atomic mass is 10.00. The molecule has 0 saturated carbocycles. The topological polar surface area (TPSA) is 8.17 Å². The van der Waals surface area contributed by atoms with Gasteiger partial charge in [-0.15, -0.1) is 0 Å². The molecule has 0 saturated heterocycles. The summed E-state index contributed by atoms with van der Waals surface area (Å²) < 4.78 is 2.44. The van der Waals surface area contributed by atoms with Crippen LogP contribution in [0.2, 0.25) is 0 Å². The van der Waals surface area contributed by atoms with Crippen LogP contribution in [0.3, 0.4) is 0 Å². The van der Waals surface area contributed by atoms with Crippen LogP contribution in [0.25, 0.3) is 60.9 Å². The molecule has 0 N–H and O–H groups in total. The molecule has 1 heterocycles. The van der Waals surface area contributed by atoms with E-state index >= 15 is 0 Å². The summed E-state index contributed by atoms with van der Waals surface area (Å²) in [5.41, 5.74) is 15.4. The van der Waals surface area contributed by atoms with Crippen LogP contribution in [0.5, 0.6) is 0 Å². The summed E-state index contributed by atoms with van der Waals surface area (Å²) in [6.45, 7) is 2.18. The predicted octanol–water partition coefficient (Wildman–Crippen LogP) is 13.6. The molecule has 0 atom stereocenters. The largest absolute Gasteiger partial charge is 0.310 e. The van der Waals surface area contributed by atoms with E-state index in [-0.39, 0.29) is 0 Å². The van der Waals surface area contributed by atoms with E-state index in [0.29, 0.717) is 0 Å². The van der Waals surface area contributed by atoms with Crippen LogP contribution in [0.1, 0.15) is 5.56 Å². The molecule has 0 aliphatic rings. The van der Waals surface area contributed by atoms with Gasteiger partial charge in [0, 0.05) is 27.7 Å². The number of fused-ring (bicyclic) bond motifs is 3. The van der Waals surface area contributed by atoms with Crippen LogP contribution in [0, 0.1) is 6.92 Å². The summed E-state index contributed by atoms with van der Waals surface area (Å²) in [6, 6.07) is 72.1. The van der Waals surface area contributed by atoms with Crippen molar-refractivity contribution in [3.8, 4) is 39.1 Å². The second-order valence-electron chi connectivity index (χ2n) is 13.0. The van der Waals surface area contributed by atoms with Crippen molar-refractivity contribution in [2.45, 2.75) is 6.92 Å². The van der Waals surface area contributed by atoms with E-state index in [1.165, 1.54) is 60.8 Å². The number of rotatable bonds is 7. The Morgan fingerprint density at radius 2 is 0.882 bits per heavy atom. The Balaban J connectivity index is 1.27. The molecule has 51 heavy (non-hydrogen) atoms. The summed E-state index contributed by atoms with van der Waals surface area (Å²) in [7, 11) is 0. The van der Waals surface area contributed by atoms with Gasteiger partial charge >= 0.3 is 0 Å². The van der Waals surface area contributed by atoms with Gasteiger partial charge in [0.05, 0.1) is 22.4 Å². The predicted molar refractivity (Wildman–Crippen MR) is 217 cm³/mol. The molecule has 0 amide bonds. The first-order valence-electron chi connectivity index (χ1n) is 17.5. The first kappa shape index (κ1) is 30.4. The zero-order valence-electron chi connectivity index (χ0n) is 28.4. The SMILES string of the molecule is Cc1ccccc1-c1ccc(N(c2ccc(-c3ccccc3)cc2)c2cccc3c2c2ccccc2n3-c2ccccc2-c2ccccc2)cc1. The maximum absolute atomic E-state index is 2.44. The lowest BCUT2D eigenvalue weighted by Crippen LogP contribution is -2.10. The van der Waals surface area contributed by atoms with Crippen LogP contribution in [0.15, 0.2) is 200 Å². The number of anilines is 3. The molecule has 0 fully saturated rings. The summed E-state index contributed by atoms with van der Waals surface area (Å²) in [5.74, 6) is 0. The van der Waals surface area contributed by atoms with Crippen molar-refractivity contribution < 1.29 is 0 Å². The van der Waals surface area contributed by atoms with Crippen molar-refractivity contribution in [2.75, 3.05) is 4.90 Å². The molecule has 0 bridgehead atoms. The Morgan fingerprint density at radius 1 is 0.373 bits per heavy atom. The fourth-order valence-corrected chi connectivity index (χ4v) is 7.52. The Bertz CT molecular complexity index is 2620. The number of aromatic nitrogens is 1. The van der Waals surface area contributed by atoms with Crippen LogP contribution >= 0.6 is 0 Å². The standard InChI is InChI=1S/C49H36N2/c1-35-15-8-9-20-42(35)39-29-33-41(34-30-39)50(40-31-27-37(28-32-40)36-16-4-2-5-17-36)47-25-14-26-48-49(47)44-22-11-13-24-46(44)51(48)45-23-12-10-21-43(45)38-18-6-3-7-19-38/h2-34H,1H3. The third kappa shape index (κ3) is 5.48. The van der Waals surface area contributed by atoms with E-state index < -0.39 is 0 Å². The van der Waals surface area contributed by atoms with Crippen LogP contribution in [0.4, 0.5) is 17.1 Å². The van der Waals surface area contributed by atoms with Crippen molar-refractivity contribution in [1.82, 2.24) is 4.57 Å². The minimum Gasteiger partial charge on any atom is -0.310 e. The zero-order valence-corrected chi connectivity index (χ0v) is 28.4. The Morgan fingerprint density at radius 3 is 1.59 bits per heavy atom. The van der Waals surface area contributed by atoms with E-state index in [1.54, 1.807) is 0 Å². The van der Waals surface area contributed by atoms with E-state index in [9.17, 15) is 0 Å². The van der Waals surface area contributed by atoms with Crippen LogP contribution in [-0.4, -0.2) is 4.57 Å². The summed E-state index contributed by atoms with van der Waals surface area (Å²) in [6.07, 6.45) is 0. The zero-order chi connectivity index (χ0) is 34.1. The van der Waals surface area contributed by atoms with Crippen molar-refractivity contribution in [1.29, 1.82) is 0 Å². The number of para-hydroxylation sites is 2. The lowest BCUT2D eigenvalue weighted by molar-refractivity contribution is 1.18. The molecule has 9 rings (SSSR count). The lowest BCUT2D eigenvalue weighted by Gasteiger charge is -2.27. The Hall–Kier alpha value is -6.64. The van der Waals surface area contributed by atoms with Gasteiger partial charge in [0.1, 0.15) is 0 Å². The highest BCUT2D eigenvalue weighted by Gasteiger charge is 2.22. The third-order valence-corrected chi connectivity index (χ3v) is 9.96. The van der Waals surface area contributed by atoms with Gasteiger partial charge in [0.25, 0.3) is 0 Å². The Labute approximate surface area is 299 Å². The minimum atomic E-state index is 1.10. The molecule has 8 aromatic carbocycles. The van der Waals surface area contributed by atoms with Crippen LogP contribution in [-0.2, 0) is 0 Å². The van der Waals surface area contributed by atoms with Crippen molar-refractivity contribution in [2.24, 2.45) is 0 Å². The maximum atomic E-state index is 2.44. The number of benzene rings is 8. The first-order valence-corrected chi connectivity index (χ1v) is 17.5. The molecule has 2 heteroatoms. The van der Waals surface area contributed by atoms with Crippen molar-refractivity contribution in [3.05, 3.63) is 206 Å². The molecule has 9 aromatic rings. The third-order valence-electron chi connectivity index (χ3n) is 9.96. The second kappa shape index (κ2) is 13.0. The van der Waals surface area contributed by atoms with E-state index in [4.69, 9.17) is 0 Å². The average Bonchev–Trinajstić information content (AvgIpc) is 3.54. The normalized spacial score (nSPS) is 11.2.